The average molecular weight is 284 g/mol. The van der Waals surface area contributed by atoms with Gasteiger partial charge in [-0.25, -0.2) is 4.98 Å². The van der Waals surface area contributed by atoms with Gasteiger partial charge in [0.1, 0.15) is 5.15 Å². The highest BCUT2D eigenvalue weighted by molar-refractivity contribution is 6.29. The van der Waals surface area contributed by atoms with Gasteiger partial charge in [-0.2, -0.15) is 0 Å². The molecule has 0 spiro atoms. The summed E-state index contributed by atoms with van der Waals surface area (Å²) in [5.41, 5.74) is -0.00791. The molecule has 1 N–H and O–H groups in total. The fraction of sp³-hybridized carbons (Fsp3) is 0.615. The predicted molar refractivity (Wildman–Crippen MR) is 75.6 cm³/mol. The highest BCUT2D eigenvalue weighted by atomic mass is 35.5. The first-order valence-electron chi connectivity index (χ1n) is 6.74. The molecular weight excluding hydrogens is 266 g/mol. The van der Waals surface area contributed by atoms with E-state index in [4.69, 9.17) is 11.6 Å². The standard InChI is InChI=1S/C13H18ClN3O2/c14-12-9-8-11(17(18)19)13(16-12)15-10-6-4-2-1-3-5-7-10/h8-10H,1-7H2,(H,15,16). The number of rotatable bonds is 3. The molecule has 1 aromatic heterocycles. The molecule has 0 amide bonds. The first-order chi connectivity index (χ1) is 9.16. The average Bonchev–Trinajstić information content (AvgIpc) is 2.32. The van der Waals surface area contributed by atoms with Gasteiger partial charge in [0.25, 0.3) is 0 Å². The molecule has 1 aliphatic rings. The molecule has 0 aliphatic heterocycles. The number of nitrogens with one attached hydrogen (secondary N) is 1. The highest BCUT2D eigenvalue weighted by Crippen LogP contribution is 2.27. The summed E-state index contributed by atoms with van der Waals surface area (Å²) in [5, 5.41) is 14.5. The Kier molecular flexibility index (Phi) is 4.96. The van der Waals surface area contributed by atoms with Gasteiger partial charge in [0.2, 0.25) is 5.82 Å². The fourth-order valence-corrected chi connectivity index (χ4v) is 2.62. The van der Waals surface area contributed by atoms with Crippen molar-refractivity contribution in [2.45, 2.75) is 51.0 Å². The van der Waals surface area contributed by atoms with Crippen LogP contribution in [0.1, 0.15) is 44.9 Å². The van der Waals surface area contributed by atoms with Gasteiger partial charge >= 0.3 is 5.69 Å². The van der Waals surface area contributed by atoms with Crippen LogP contribution in [0.3, 0.4) is 0 Å². The molecule has 6 heteroatoms. The van der Waals surface area contributed by atoms with Crippen molar-refractivity contribution in [1.82, 2.24) is 4.98 Å². The Bertz CT molecular complexity index is 446. The molecule has 5 nitrogen and oxygen atoms in total. The summed E-state index contributed by atoms with van der Waals surface area (Å²) in [6, 6.07) is 3.11. The van der Waals surface area contributed by atoms with Crippen LogP contribution < -0.4 is 5.32 Å². The second-order valence-corrected chi connectivity index (χ2v) is 5.33. The number of pyridine rings is 1. The third kappa shape index (κ3) is 4.06. The topological polar surface area (TPSA) is 68.1 Å². The summed E-state index contributed by atoms with van der Waals surface area (Å²) >= 11 is 5.82. The Morgan fingerprint density at radius 3 is 2.47 bits per heavy atom. The molecule has 1 saturated carbocycles. The predicted octanol–water partition coefficient (Wildman–Crippen LogP) is 4.17. The van der Waals surface area contributed by atoms with Crippen molar-refractivity contribution in [1.29, 1.82) is 0 Å². The molecule has 0 saturated heterocycles. The minimum atomic E-state index is -0.422. The second kappa shape index (κ2) is 6.70. The normalized spacial score (nSPS) is 17.5. The van der Waals surface area contributed by atoms with Crippen LogP contribution in [0.4, 0.5) is 11.5 Å². The molecule has 0 unspecified atom stereocenters. The van der Waals surface area contributed by atoms with Gasteiger partial charge in [-0.15, -0.1) is 0 Å². The summed E-state index contributed by atoms with van der Waals surface area (Å²) in [6.45, 7) is 0. The second-order valence-electron chi connectivity index (χ2n) is 4.95. The van der Waals surface area contributed by atoms with E-state index in [1.807, 2.05) is 0 Å². The molecule has 1 fully saturated rings. The quantitative estimate of drug-likeness (QED) is 0.513. The number of hydrogen-bond donors (Lipinski definition) is 1. The molecule has 0 aromatic carbocycles. The lowest BCUT2D eigenvalue weighted by atomic mass is 9.97. The van der Waals surface area contributed by atoms with Crippen LogP contribution in [0, 0.1) is 10.1 Å². The Morgan fingerprint density at radius 1 is 1.21 bits per heavy atom. The van der Waals surface area contributed by atoms with Crippen LogP contribution in [-0.4, -0.2) is 15.9 Å². The molecule has 0 bridgehead atoms. The van der Waals surface area contributed by atoms with Gasteiger partial charge in [0.15, 0.2) is 0 Å². The van der Waals surface area contributed by atoms with Gasteiger partial charge in [0, 0.05) is 12.1 Å². The molecule has 1 heterocycles. The maximum Gasteiger partial charge on any atom is 0.311 e. The number of halogens is 1. The first kappa shape index (κ1) is 14.1. The number of nitro groups is 1. The largest absolute Gasteiger partial charge is 0.362 e. The number of aromatic nitrogens is 1. The fourth-order valence-electron chi connectivity index (χ4n) is 2.48. The Balaban J connectivity index is 2.11. The molecule has 2 rings (SSSR count). The summed E-state index contributed by atoms with van der Waals surface area (Å²) in [7, 11) is 0. The number of nitrogens with zero attached hydrogens (tertiary/aromatic N) is 2. The zero-order valence-electron chi connectivity index (χ0n) is 10.8. The number of anilines is 1. The SMILES string of the molecule is O=[N+]([O-])c1ccc(Cl)nc1NC1CCCCCCC1. The molecule has 0 radical (unpaired) electrons. The van der Waals surface area contributed by atoms with Crippen molar-refractivity contribution < 1.29 is 4.92 Å². The minimum absolute atomic E-state index is 0.00791. The lowest BCUT2D eigenvalue weighted by Crippen LogP contribution is -2.21. The molecular formula is C13H18ClN3O2. The van der Waals surface area contributed by atoms with Gasteiger partial charge < -0.3 is 5.32 Å². The first-order valence-corrected chi connectivity index (χ1v) is 7.12. The van der Waals surface area contributed by atoms with E-state index in [9.17, 15) is 10.1 Å². The van der Waals surface area contributed by atoms with Crippen LogP contribution >= 0.6 is 11.6 Å². The van der Waals surface area contributed by atoms with E-state index < -0.39 is 4.92 Å². The van der Waals surface area contributed by atoms with E-state index in [-0.39, 0.29) is 16.9 Å². The van der Waals surface area contributed by atoms with Crippen molar-refractivity contribution in [3.05, 3.63) is 27.4 Å². The molecule has 104 valence electrons. The Hall–Kier alpha value is -1.36. The molecule has 0 atom stereocenters. The Morgan fingerprint density at radius 2 is 1.84 bits per heavy atom. The van der Waals surface area contributed by atoms with Gasteiger partial charge in [-0.1, -0.05) is 43.7 Å². The van der Waals surface area contributed by atoms with E-state index in [2.05, 4.69) is 10.3 Å². The molecule has 19 heavy (non-hydrogen) atoms. The van der Waals surface area contributed by atoms with Gasteiger partial charge in [-0.05, 0) is 18.9 Å². The van der Waals surface area contributed by atoms with E-state index in [0.717, 1.165) is 25.7 Å². The van der Waals surface area contributed by atoms with Crippen molar-refractivity contribution in [2.75, 3.05) is 5.32 Å². The van der Waals surface area contributed by atoms with Gasteiger partial charge in [-0.3, -0.25) is 10.1 Å². The molecule has 1 aromatic rings. The van der Waals surface area contributed by atoms with Crippen LogP contribution in [-0.2, 0) is 0 Å². The third-order valence-corrected chi connectivity index (χ3v) is 3.69. The van der Waals surface area contributed by atoms with Crippen LogP contribution in [0.15, 0.2) is 12.1 Å². The summed E-state index contributed by atoms with van der Waals surface area (Å²) in [4.78, 5) is 14.6. The summed E-state index contributed by atoms with van der Waals surface area (Å²) < 4.78 is 0. The third-order valence-electron chi connectivity index (χ3n) is 3.48. The van der Waals surface area contributed by atoms with Crippen LogP contribution in [0.2, 0.25) is 5.15 Å². The molecule has 1 aliphatic carbocycles. The van der Waals surface area contributed by atoms with Crippen molar-refractivity contribution in [2.24, 2.45) is 0 Å². The van der Waals surface area contributed by atoms with Crippen LogP contribution in [0.5, 0.6) is 0 Å². The van der Waals surface area contributed by atoms with E-state index >= 15 is 0 Å². The van der Waals surface area contributed by atoms with Crippen molar-refractivity contribution in [3.8, 4) is 0 Å². The minimum Gasteiger partial charge on any atom is -0.362 e. The highest BCUT2D eigenvalue weighted by Gasteiger charge is 2.19. The van der Waals surface area contributed by atoms with E-state index in [1.54, 1.807) is 0 Å². The zero-order valence-corrected chi connectivity index (χ0v) is 11.5. The van der Waals surface area contributed by atoms with Gasteiger partial charge in [0.05, 0.1) is 4.92 Å². The van der Waals surface area contributed by atoms with Crippen molar-refractivity contribution >= 4 is 23.1 Å². The smallest absolute Gasteiger partial charge is 0.311 e. The maximum atomic E-state index is 11.0. The van der Waals surface area contributed by atoms with E-state index in [1.165, 1.54) is 31.4 Å². The lowest BCUT2D eigenvalue weighted by Gasteiger charge is -2.21. The summed E-state index contributed by atoms with van der Waals surface area (Å²) in [5.74, 6) is 0.295. The maximum absolute atomic E-state index is 11.0. The number of hydrogen-bond acceptors (Lipinski definition) is 4. The summed E-state index contributed by atoms with van der Waals surface area (Å²) in [6.07, 6.45) is 8.16. The van der Waals surface area contributed by atoms with E-state index in [0.29, 0.717) is 5.82 Å². The monoisotopic (exact) mass is 283 g/mol. The Labute approximate surface area is 117 Å². The zero-order chi connectivity index (χ0) is 13.7. The van der Waals surface area contributed by atoms with Crippen LogP contribution in [0.25, 0.3) is 0 Å². The van der Waals surface area contributed by atoms with Crippen molar-refractivity contribution in [3.63, 3.8) is 0 Å². The lowest BCUT2D eigenvalue weighted by molar-refractivity contribution is -0.384.